The molecule has 0 aromatic heterocycles. The summed E-state index contributed by atoms with van der Waals surface area (Å²) in [6.07, 6.45) is 1.18. The summed E-state index contributed by atoms with van der Waals surface area (Å²) in [5.74, 6) is 0.657. The molecule has 0 radical (unpaired) electrons. The summed E-state index contributed by atoms with van der Waals surface area (Å²) >= 11 is 0. The number of ether oxygens (including phenoxy) is 1. The number of hydrogen-bond donors (Lipinski definition) is 1. The Morgan fingerprint density at radius 2 is 2.20 bits per heavy atom. The van der Waals surface area contributed by atoms with E-state index in [1.807, 2.05) is 0 Å². The molecule has 2 unspecified atom stereocenters. The van der Waals surface area contributed by atoms with E-state index in [-0.39, 0.29) is 0 Å². The first kappa shape index (κ1) is 10.5. The molecule has 2 rings (SSSR count). The van der Waals surface area contributed by atoms with E-state index >= 15 is 0 Å². The van der Waals surface area contributed by atoms with Crippen LogP contribution in [0.2, 0.25) is 0 Å². The third-order valence-electron chi connectivity index (χ3n) is 3.20. The fourth-order valence-electron chi connectivity index (χ4n) is 2.05. The van der Waals surface area contributed by atoms with E-state index in [1.165, 1.54) is 17.7 Å². The maximum atomic E-state index is 5.41. The van der Waals surface area contributed by atoms with E-state index in [9.17, 15) is 0 Å². The van der Waals surface area contributed by atoms with Gasteiger partial charge < -0.3 is 10.1 Å². The van der Waals surface area contributed by atoms with Crippen LogP contribution in [0.5, 0.6) is 0 Å². The van der Waals surface area contributed by atoms with Gasteiger partial charge in [0.05, 0.1) is 6.61 Å². The molecular formula is C13H19NO. The van der Waals surface area contributed by atoms with E-state index in [0.717, 1.165) is 13.2 Å². The molecule has 1 heterocycles. The van der Waals surface area contributed by atoms with Gasteiger partial charge in [-0.1, -0.05) is 18.2 Å². The summed E-state index contributed by atoms with van der Waals surface area (Å²) in [6.45, 7) is 6.20. The monoisotopic (exact) mass is 205 g/mol. The molecule has 15 heavy (non-hydrogen) atoms. The SMILES string of the molecule is Cc1ccccc1NC(C)C1CCOC1. The Kier molecular flexibility index (Phi) is 3.27. The molecular weight excluding hydrogens is 186 g/mol. The smallest absolute Gasteiger partial charge is 0.0514 e. The Hall–Kier alpha value is -1.02. The first-order valence-corrected chi connectivity index (χ1v) is 5.67. The zero-order chi connectivity index (χ0) is 10.7. The molecule has 82 valence electrons. The van der Waals surface area contributed by atoms with Crippen molar-refractivity contribution in [1.29, 1.82) is 0 Å². The van der Waals surface area contributed by atoms with E-state index in [4.69, 9.17) is 4.74 Å². The van der Waals surface area contributed by atoms with E-state index < -0.39 is 0 Å². The molecule has 0 amide bonds. The fourth-order valence-corrected chi connectivity index (χ4v) is 2.05. The molecule has 2 heteroatoms. The van der Waals surface area contributed by atoms with Gasteiger partial charge in [0.1, 0.15) is 0 Å². The highest BCUT2D eigenvalue weighted by Gasteiger charge is 2.22. The summed E-state index contributed by atoms with van der Waals surface area (Å²) in [6, 6.07) is 8.92. The summed E-state index contributed by atoms with van der Waals surface area (Å²) in [7, 11) is 0. The van der Waals surface area contributed by atoms with Crippen molar-refractivity contribution < 1.29 is 4.74 Å². The number of para-hydroxylation sites is 1. The maximum Gasteiger partial charge on any atom is 0.0514 e. The second-order valence-corrected chi connectivity index (χ2v) is 4.37. The van der Waals surface area contributed by atoms with Crippen LogP contribution in [0.4, 0.5) is 5.69 Å². The van der Waals surface area contributed by atoms with Gasteiger partial charge in [0.2, 0.25) is 0 Å². The Morgan fingerprint density at radius 3 is 2.87 bits per heavy atom. The van der Waals surface area contributed by atoms with Gasteiger partial charge in [-0.15, -0.1) is 0 Å². The van der Waals surface area contributed by atoms with Crippen molar-refractivity contribution >= 4 is 5.69 Å². The molecule has 0 saturated carbocycles. The molecule has 1 aliphatic heterocycles. The van der Waals surface area contributed by atoms with Crippen molar-refractivity contribution in [3.8, 4) is 0 Å². The Balaban J connectivity index is 1.99. The number of aryl methyl sites for hydroxylation is 1. The lowest BCUT2D eigenvalue weighted by Crippen LogP contribution is -2.26. The molecule has 2 nitrogen and oxygen atoms in total. The minimum atomic E-state index is 0.494. The van der Waals surface area contributed by atoms with Crippen molar-refractivity contribution in [2.75, 3.05) is 18.5 Å². The standard InChI is InChI=1S/C13H19NO/c1-10-5-3-4-6-13(10)14-11(2)12-7-8-15-9-12/h3-6,11-12,14H,7-9H2,1-2H3. The zero-order valence-corrected chi connectivity index (χ0v) is 9.49. The predicted molar refractivity (Wildman–Crippen MR) is 63.2 cm³/mol. The van der Waals surface area contributed by atoms with Gasteiger partial charge in [-0.3, -0.25) is 0 Å². The second-order valence-electron chi connectivity index (χ2n) is 4.37. The van der Waals surface area contributed by atoms with Crippen molar-refractivity contribution in [2.45, 2.75) is 26.3 Å². The quantitative estimate of drug-likeness (QED) is 0.819. The normalized spacial score (nSPS) is 22.7. The molecule has 1 saturated heterocycles. The average Bonchev–Trinajstić information content (AvgIpc) is 2.74. The van der Waals surface area contributed by atoms with Crippen LogP contribution in [-0.2, 0) is 4.74 Å². The molecule has 1 fully saturated rings. The molecule has 0 bridgehead atoms. The number of hydrogen-bond acceptors (Lipinski definition) is 2. The Morgan fingerprint density at radius 1 is 1.40 bits per heavy atom. The number of nitrogens with one attached hydrogen (secondary N) is 1. The van der Waals surface area contributed by atoms with Crippen LogP contribution in [0, 0.1) is 12.8 Å². The van der Waals surface area contributed by atoms with Gasteiger partial charge in [-0.2, -0.15) is 0 Å². The number of anilines is 1. The van der Waals surface area contributed by atoms with Gasteiger partial charge in [0, 0.05) is 24.3 Å². The Bertz CT molecular complexity index is 318. The predicted octanol–water partition coefficient (Wildman–Crippen LogP) is 2.83. The second kappa shape index (κ2) is 4.67. The van der Waals surface area contributed by atoms with Crippen LogP contribution in [0.25, 0.3) is 0 Å². The molecule has 1 N–H and O–H groups in total. The van der Waals surface area contributed by atoms with Crippen molar-refractivity contribution in [2.24, 2.45) is 5.92 Å². The largest absolute Gasteiger partial charge is 0.382 e. The highest BCUT2D eigenvalue weighted by atomic mass is 16.5. The summed E-state index contributed by atoms with van der Waals surface area (Å²) in [5.41, 5.74) is 2.56. The summed E-state index contributed by atoms with van der Waals surface area (Å²) < 4.78 is 5.41. The van der Waals surface area contributed by atoms with Gasteiger partial charge in [-0.25, -0.2) is 0 Å². The molecule has 1 aromatic rings. The maximum absolute atomic E-state index is 5.41. The lowest BCUT2D eigenvalue weighted by molar-refractivity contribution is 0.183. The third-order valence-corrected chi connectivity index (χ3v) is 3.20. The topological polar surface area (TPSA) is 21.3 Å². The van der Waals surface area contributed by atoms with Crippen molar-refractivity contribution in [3.05, 3.63) is 29.8 Å². The highest BCUT2D eigenvalue weighted by molar-refractivity contribution is 5.50. The van der Waals surface area contributed by atoms with Crippen LogP contribution in [0.1, 0.15) is 18.9 Å². The van der Waals surface area contributed by atoms with Crippen LogP contribution in [-0.4, -0.2) is 19.3 Å². The molecule has 1 aromatic carbocycles. The first-order chi connectivity index (χ1) is 7.27. The Labute approximate surface area is 91.6 Å². The van der Waals surface area contributed by atoms with Crippen molar-refractivity contribution in [3.63, 3.8) is 0 Å². The van der Waals surface area contributed by atoms with Gasteiger partial charge in [-0.05, 0) is 31.9 Å². The minimum absolute atomic E-state index is 0.494. The van der Waals surface area contributed by atoms with E-state index in [2.05, 4.69) is 43.4 Å². The van der Waals surface area contributed by atoms with Gasteiger partial charge >= 0.3 is 0 Å². The van der Waals surface area contributed by atoms with Crippen LogP contribution < -0.4 is 5.32 Å². The fraction of sp³-hybridized carbons (Fsp3) is 0.538. The summed E-state index contributed by atoms with van der Waals surface area (Å²) in [4.78, 5) is 0. The number of rotatable bonds is 3. The lowest BCUT2D eigenvalue weighted by Gasteiger charge is -2.21. The molecule has 0 aliphatic carbocycles. The van der Waals surface area contributed by atoms with Crippen LogP contribution in [0.15, 0.2) is 24.3 Å². The first-order valence-electron chi connectivity index (χ1n) is 5.67. The molecule has 0 spiro atoms. The average molecular weight is 205 g/mol. The highest BCUT2D eigenvalue weighted by Crippen LogP contribution is 2.21. The number of benzene rings is 1. The lowest BCUT2D eigenvalue weighted by atomic mass is 10.00. The van der Waals surface area contributed by atoms with Gasteiger partial charge in [0.15, 0.2) is 0 Å². The van der Waals surface area contributed by atoms with Gasteiger partial charge in [0.25, 0.3) is 0 Å². The minimum Gasteiger partial charge on any atom is -0.382 e. The van der Waals surface area contributed by atoms with E-state index in [0.29, 0.717) is 12.0 Å². The zero-order valence-electron chi connectivity index (χ0n) is 9.49. The van der Waals surface area contributed by atoms with E-state index in [1.54, 1.807) is 0 Å². The summed E-state index contributed by atoms with van der Waals surface area (Å²) in [5, 5.41) is 3.57. The molecule has 1 aliphatic rings. The third kappa shape index (κ3) is 2.51. The van der Waals surface area contributed by atoms with Crippen LogP contribution in [0.3, 0.4) is 0 Å². The van der Waals surface area contributed by atoms with Crippen LogP contribution >= 0.6 is 0 Å². The van der Waals surface area contributed by atoms with Crippen molar-refractivity contribution in [1.82, 2.24) is 0 Å². The molecule has 2 atom stereocenters.